The minimum absolute atomic E-state index is 0.154. The Kier molecular flexibility index (Phi) is 6.61. The zero-order valence-electron chi connectivity index (χ0n) is 18.0. The van der Waals surface area contributed by atoms with Crippen molar-refractivity contribution in [2.45, 2.75) is 18.2 Å². The molecule has 1 aliphatic rings. The van der Waals surface area contributed by atoms with E-state index in [0.717, 1.165) is 22.6 Å². The highest BCUT2D eigenvalue weighted by Gasteiger charge is 2.22. The predicted octanol–water partition coefficient (Wildman–Crippen LogP) is 5.06. The Morgan fingerprint density at radius 2 is 1.81 bits per heavy atom. The third-order valence-electron chi connectivity index (χ3n) is 5.17. The first kappa shape index (κ1) is 21.7. The summed E-state index contributed by atoms with van der Waals surface area (Å²) in [4.78, 5) is 26.7. The normalized spacial score (nSPS) is 13.9. The van der Waals surface area contributed by atoms with E-state index in [1.807, 2.05) is 36.4 Å². The maximum absolute atomic E-state index is 12.6. The van der Waals surface area contributed by atoms with E-state index in [4.69, 9.17) is 4.74 Å². The van der Waals surface area contributed by atoms with Crippen molar-refractivity contribution < 1.29 is 14.3 Å². The van der Waals surface area contributed by atoms with E-state index in [2.05, 4.69) is 41.8 Å². The van der Waals surface area contributed by atoms with Crippen molar-refractivity contribution in [3.8, 4) is 5.75 Å². The molecule has 3 aromatic rings. The number of ether oxygens (including phenoxy) is 1. The quantitative estimate of drug-likeness (QED) is 0.522. The van der Waals surface area contributed by atoms with Crippen LogP contribution in [0, 0.1) is 6.92 Å². The molecule has 1 aliphatic heterocycles. The molecule has 0 aliphatic carbocycles. The molecule has 0 radical (unpaired) electrons. The second kappa shape index (κ2) is 9.75. The number of hydrogen-bond acceptors (Lipinski definition) is 4. The summed E-state index contributed by atoms with van der Waals surface area (Å²) in [6.45, 7) is 2.60. The average Bonchev–Trinajstić information content (AvgIpc) is 2.81. The van der Waals surface area contributed by atoms with Crippen molar-refractivity contribution in [2.75, 3.05) is 19.0 Å². The van der Waals surface area contributed by atoms with E-state index in [1.165, 1.54) is 22.9 Å². The number of thioether (sulfide) groups is 1. The fourth-order valence-corrected chi connectivity index (χ4v) is 4.26. The van der Waals surface area contributed by atoms with Gasteiger partial charge in [-0.2, -0.15) is 0 Å². The second-order valence-corrected chi connectivity index (χ2v) is 8.62. The molecule has 0 bridgehead atoms. The van der Waals surface area contributed by atoms with Gasteiger partial charge in [-0.25, -0.2) is 0 Å². The minimum Gasteiger partial charge on any atom is -0.497 e. The van der Waals surface area contributed by atoms with Gasteiger partial charge in [-0.15, -0.1) is 0 Å². The number of benzene rings is 3. The molecule has 0 unspecified atom stereocenters. The van der Waals surface area contributed by atoms with Crippen molar-refractivity contribution in [1.29, 1.82) is 0 Å². The molecular weight excluding hydrogens is 420 g/mol. The maximum atomic E-state index is 12.6. The molecule has 2 amide bonds. The van der Waals surface area contributed by atoms with E-state index in [-0.39, 0.29) is 11.8 Å². The van der Waals surface area contributed by atoms with Crippen LogP contribution < -0.4 is 15.4 Å². The molecule has 2 N–H and O–H groups in total. The van der Waals surface area contributed by atoms with E-state index in [9.17, 15) is 9.59 Å². The topological polar surface area (TPSA) is 67.4 Å². The van der Waals surface area contributed by atoms with Gasteiger partial charge in [0, 0.05) is 17.0 Å². The van der Waals surface area contributed by atoms with Crippen LogP contribution >= 0.6 is 11.8 Å². The van der Waals surface area contributed by atoms with E-state index >= 15 is 0 Å². The van der Waals surface area contributed by atoms with Crippen LogP contribution in [0.4, 0.5) is 5.69 Å². The van der Waals surface area contributed by atoms with Crippen LogP contribution in [0.3, 0.4) is 0 Å². The summed E-state index contributed by atoms with van der Waals surface area (Å²) < 4.78 is 5.17. The highest BCUT2D eigenvalue weighted by Crippen LogP contribution is 2.39. The van der Waals surface area contributed by atoms with Gasteiger partial charge in [0.05, 0.1) is 17.7 Å². The summed E-state index contributed by atoms with van der Waals surface area (Å²) in [5, 5.41) is 5.85. The lowest BCUT2D eigenvalue weighted by Crippen LogP contribution is -2.26. The van der Waals surface area contributed by atoms with Crippen LogP contribution in [0.15, 0.2) is 76.5 Å². The van der Waals surface area contributed by atoms with Crippen LogP contribution in [0.5, 0.6) is 5.75 Å². The van der Waals surface area contributed by atoms with Gasteiger partial charge >= 0.3 is 0 Å². The molecule has 4 rings (SSSR count). The number of carbonyl (C=O) groups excluding carboxylic acids is 2. The zero-order chi connectivity index (χ0) is 22.5. The number of hydrogen-bond donors (Lipinski definition) is 2. The van der Waals surface area contributed by atoms with Gasteiger partial charge in [0.15, 0.2) is 0 Å². The van der Waals surface area contributed by atoms with Gasteiger partial charge in [-0.3, -0.25) is 9.59 Å². The summed E-state index contributed by atoms with van der Waals surface area (Å²) in [7, 11) is 1.62. The average molecular weight is 445 g/mol. The Bertz CT molecular complexity index is 1170. The largest absolute Gasteiger partial charge is 0.497 e. The van der Waals surface area contributed by atoms with Crippen LogP contribution in [-0.2, 0) is 11.2 Å². The molecule has 0 atom stereocenters. The lowest BCUT2D eigenvalue weighted by Gasteiger charge is -2.19. The van der Waals surface area contributed by atoms with Gasteiger partial charge < -0.3 is 15.4 Å². The van der Waals surface area contributed by atoms with Gasteiger partial charge in [0.2, 0.25) is 0 Å². The lowest BCUT2D eigenvalue weighted by atomic mass is 10.1. The molecule has 32 heavy (non-hydrogen) atoms. The SMILES string of the molecule is COc1ccc(C=C2Sc3ccc(C(=O)NCCc4ccc(C)cc4)cc3NC2=O)cc1. The van der Waals surface area contributed by atoms with Crippen LogP contribution in [-0.4, -0.2) is 25.5 Å². The molecule has 5 nitrogen and oxygen atoms in total. The second-order valence-electron chi connectivity index (χ2n) is 7.54. The first-order valence-corrected chi connectivity index (χ1v) is 11.2. The van der Waals surface area contributed by atoms with Gasteiger partial charge in [-0.05, 0) is 60.9 Å². The molecule has 0 saturated heterocycles. The van der Waals surface area contributed by atoms with Crippen molar-refractivity contribution in [3.63, 3.8) is 0 Å². The predicted molar refractivity (Wildman–Crippen MR) is 129 cm³/mol. The van der Waals surface area contributed by atoms with Crippen LogP contribution in [0.25, 0.3) is 6.08 Å². The molecule has 1 heterocycles. The molecule has 0 spiro atoms. The number of anilines is 1. The van der Waals surface area contributed by atoms with E-state index < -0.39 is 0 Å². The number of fused-ring (bicyclic) bond motifs is 1. The molecule has 6 heteroatoms. The Hall–Kier alpha value is -3.51. The molecule has 162 valence electrons. The van der Waals surface area contributed by atoms with Crippen molar-refractivity contribution in [3.05, 3.63) is 93.9 Å². The van der Waals surface area contributed by atoms with Crippen molar-refractivity contribution in [1.82, 2.24) is 5.32 Å². The minimum atomic E-state index is -0.185. The number of carbonyl (C=O) groups is 2. The number of aryl methyl sites for hydroxylation is 1. The third kappa shape index (κ3) is 5.21. The molecule has 3 aromatic carbocycles. The van der Waals surface area contributed by atoms with Crippen molar-refractivity contribution >= 4 is 35.3 Å². The van der Waals surface area contributed by atoms with Gasteiger partial charge in [0.1, 0.15) is 5.75 Å². The Morgan fingerprint density at radius 3 is 2.53 bits per heavy atom. The first-order chi connectivity index (χ1) is 15.5. The number of rotatable bonds is 6. The Balaban J connectivity index is 1.40. The molecular formula is C26H24N2O3S. The van der Waals surface area contributed by atoms with E-state index in [1.54, 1.807) is 19.2 Å². The number of nitrogens with one attached hydrogen (secondary N) is 2. The smallest absolute Gasteiger partial charge is 0.262 e. The zero-order valence-corrected chi connectivity index (χ0v) is 18.8. The van der Waals surface area contributed by atoms with E-state index in [0.29, 0.717) is 22.7 Å². The van der Waals surface area contributed by atoms with Gasteiger partial charge in [0.25, 0.3) is 11.8 Å². The lowest BCUT2D eigenvalue weighted by molar-refractivity contribution is -0.112. The van der Waals surface area contributed by atoms with Crippen LogP contribution in [0.2, 0.25) is 0 Å². The summed E-state index contributed by atoms with van der Waals surface area (Å²) >= 11 is 1.39. The fraction of sp³-hybridized carbons (Fsp3) is 0.154. The van der Waals surface area contributed by atoms with Crippen LogP contribution in [0.1, 0.15) is 27.0 Å². The first-order valence-electron chi connectivity index (χ1n) is 10.3. The molecule has 0 aromatic heterocycles. The summed E-state index contributed by atoms with van der Waals surface area (Å²) in [5.74, 6) is 0.428. The number of methoxy groups -OCH3 is 1. The maximum Gasteiger partial charge on any atom is 0.262 e. The summed E-state index contributed by atoms with van der Waals surface area (Å²) in [6.07, 6.45) is 2.61. The standard InChI is InChI=1S/C26H24N2O3S/c1-17-3-5-18(6-4-17)13-14-27-25(29)20-9-12-23-22(16-20)28-26(30)24(32-23)15-19-7-10-21(31-2)11-8-19/h3-12,15-16H,13-14H2,1-2H3,(H,27,29)(H,28,30). The third-order valence-corrected chi connectivity index (χ3v) is 6.27. The summed E-state index contributed by atoms with van der Waals surface area (Å²) in [6, 6.07) is 21.2. The van der Waals surface area contributed by atoms with Gasteiger partial charge in [-0.1, -0.05) is 53.7 Å². The highest BCUT2D eigenvalue weighted by atomic mass is 32.2. The molecule has 0 saturated carbocycles. The fourth-order valence-electron chi connectivity index (χ4n) is 3.33. The monoisotopic (exact) mass is 444 g/mol. The Labute approximate surface area is 191 Å². The molecule has 0 fully saturated rings. The number of amides is 2. The Morgan fingerprint density at radius 1 is 1.06 bits per heavy atom. The summed E-state index contributed by atoms with van der Waals surface area (Å²) in [5.41, 5.74) is 4.49. The van der Waals surface area contributed by atoms with Crippen molar-refractivity contribution in [2.24, 2.45) is 0 Å². The highest BCUT2D eigenvalue weighted by molar-refractivity contribution is 8.04.